The lowest BCUT2D eigenvalue weighted by atomic mass is 10.0. The average Bonchev–Trinajstić information content (AvgIpc) is 2.27. The molecule has 0 saturated heterocycles. The third-order valence-corrected chi connectivity index (χ3v) is 2.79. The van der Waals surface area contributed by atoms with Crippen LogP contribution in [0.4, 0.5) is 0 Å². The minimum atomic E-state index is -0.967. The fraction of sp³-hybridized carbons (Fsp3) is 0.462. The molecule has 1 aromatic rings. The summed E-state index contributed by atoms with van der Waals surface area (Å²) in [6.07, 6.45) is 0.937. The Morgan fingerprint density at radius 3 is 2.47 bits per heavy atom. The van der Waals surface area contributed by atoms with Gasteiger partial charge in [-0.1, -0.05) is 30.3 Å². The summed E-state index contributed by atoms with van der Waals surface area (Å²) in [4.78, 5) is 13.1. The molecule has 0 bridgehead atoms. The van der Waals surface area contributed by atoms with Gasteiger partial charge in [0.15, 0.2) is 0 Å². The zero-order chi connectivity index (χ0) is 12.9. The van der Waals surface area contributed by atoms with Crippen LogP contribution in [-0.2, 0) is 11.2 Å². The first kappa shape index (κ1) is 13.7. The van der Waals surface area contributed by atoms with E-state index in [0.717, 1.165) is 13.0 Å². The van der Waals surface area contributed by atoms with Gasteiger partial charge in [0, 0.05) is 13.1 Å². The van der Waals surface area contributed by atoms with Gasteiger partial charge < -0.3 is 16.4 Å². The number of nitrogens with two attached hydrogens (primary N) is 2. The molecule has 4 heteroatoms. The largest absolute Gasteiger partial charge is 0.368 e. The molecule has 0 aliphatic heterocycles. The van der Waals surface area contributed by atoms with Crippen LogP contribution in [0, 0.1) is 0 Å². The maximum atomic E-state index is 11.1. The van der Waals surface area contributed by atoms with Crippen molar-refractivity contribution in [3.8, 4) is 0 Å². The van der Waals surface area contributed by atoms with Gasteiger partial charge in [0.2, 0.25) is 5.91 Å². The summed E-state index contributed by atoms with van der Waals surface area (Å²) < 4.78 is 0. The highest BCUT2D eigenvalue weighted by Crippen LogP contribution is 2.04. The highest BCUT2D eigenvalue weighted by molar-refractivity contribution is 5.84. The van der Waals surface area contributed by atoms with E-state index in [2.05, 4.69) is 12.1 Å². The molecular weight excluding hydrogens is 214 g/mol. The van der Waals surface area contributed by atoms with E-state index in [1.165, 1.54) is 5.56 Å². The fourth-order valence-electron chi connectivity index (χ4n) is 1.68. The van der Waals surface area contributed by atoms with Crippen LogP contribution in [0.5, 0.6) is 0 Å². The Morgan fingerprint density at radius 1 is 1.35 bits per heavy atom. The van der Waals surface area contributed by atoms with Gasteiger partial charge in [-0.25, -0.2) is 0 Å². The van der Waals surface area contributed by atoms with E-state index in [-0.39, 0.29) is 0 Å². The van der Waals surface area contributed by atoms with E-state index >= 15 is 0 Å². The lowest BCUT2D eigenvalue weighted by molar-refractivity contribution is -0.123. The van der Waals surface area contributed by atoms with Crippen molar-refractivity contribution in [1.29, 1.82) is 0 Å². The molecule has 17 heavy (non-hydrogen) atoms. The molecule has 1 aromatic carbocycles. The summed E-state index contributed by atoms with van der Waals surface area (Å²) in [7, 11) is 1.94. The van der Waals surface area contributed by atoms with Crippen LogP contribution in [0.2, 0.25) is 0 Å². The van der Waals surface area contributed by atoms with E-state index in [0.29, 0.717) is 6.54 Å². The van der Waals surface area contributed by atoms with Gasteiger partial charge in [0.05, 0.1) is 0 Å². The van der Waals surface area contributed by atoms with Gasteiger partial charge in [0.25, 0.3) is 0 Å². The Labute approximate surface area is 103 Å². The topological polar surface area (TPSA) is 72.3 Å². The van der Waals surface area contributed by atoms with E-state index in [9.17, 15) is 4.79 Å². The summed E-state index contributed by atoms with van der Waals surface area (Å²) in [5.74, 6) is -0.468. The maximum Gasteiger partial charge on any atom is 0.238 e. The zero-order valence-electron chi connectivity index (χ0n) is 10.5. The van der Waals surface area contributed by atoms with E-state index < -0.39 is 11.4 Å². The molecule has 4 N–H and O–H groups in total. The first-order valence-electron chi connectivity index (χ1n) is 5.73. The summed E-state index contributed by atoms with van der Waals surface area (Å²) in [6.45, 7) is 2.98. The molecule has 0 aliphatic carbocycles. The number of benzene rings is 1. The van der Waals surface area contributed by atoms with Crippen LogP contribution < -0.4 is 11.5 Å². The number of carbonyl (C=O) groups is 1. The van der Waals surface area contributed by atoms with Gasteiger partial charge in [-0.2, -0.15) is 0 Å². The van der Waals surface area contributed by atoms with Crippen molar-refractivity contribution < 1.29 is 4.79 Å². The summed E-state index contributed by atoms with van der Waals surface area (Å²) in [6, 6.07) is 10.2. The van der Waals surface area contributed by atoms with Crippen molar-refractivity contribution in [3.05, 3.63) is 35.9 Å². The summed E-state index contributed by atoms with van der Waals surface area (Å²) in [5, 5.41) is 0. The standard InChI is InChI=1S/C13H21N3O/c1-13(15,12(14)17)10-16(2)9-8-11-6-4-3-5-7-11/h3-7H,8-10,15H2,1-2H3,(H2,14,17). The van der Waals surface area contributed by atoms with Gasteiger partial charge in [-0.15, -0.1) is 0 Å². The Hall–Kier alpha value is -1.39. The molecule has 0 aromatic heterocycles. The summed E-state index contributed by atoms with van der Waals surface area (Å²) >= 11 is 0. The first-order valence-corrected chi connectivity index (χ1v) is 5.73. The quantitative estimate of drug-likeness (QED) is 0.748. The molecule has 0 saturated carbocycles. The minimum absolute atomic E-state index is 0.467. The first-order chi connectivity index (χ1) is 7.92. The van der Waals surface area contributed by atoms with Gasteiger partial charge in [0.1, 0.15) is 5.54 Å². The van der Waals surface area contributed by atoms with Crippen molar-refractivity contribution in [2.24, 2.45) is 11.5 Å². The molecule has 0 fully saturated rings. The van der Waals surface area contributed by atoms with Gasteiger partial charge in [-0.3, -0.25) is 4.79 Å². The van der Waals surface area contributed by atoms with Crippen LogP contribution in [0.15, 0.2) is 30.3 Å². The third kappa shape index (κ3) is 4.54. The van der Waals surface area contributed by atoms with Crippen LogP contribution in [0.1, 0.15) is 12.5 Å². The van der Waals surface area contributed by atoms with Crippen LogP contribution in [0.25, 0.3) is 0 Å². The van der Waals surface area contributed by atoms with E-state index in [4.69, 9.17) is 11.5 Å². The lowest BCUT2D eigenvalue weighted by Gasteiger charge is -2.27. The summed E-state index contributed by atoms with van der Waals surface area (Å²) in [5.41, 5.74) is 11.4. The predicted molar refractivity (Wildman–Crippen MR) is 69.4 cm³/mol. The molecule has 1 rings (SSSR count). The lowest BCUT2D eigenvalue weighted by Crippen LogP contribution is -2.56. The van der Waals surface area contributed by atoms with Gasteiger partial charge in [-0.05, 0) is 26.0 Å². The molecular formula is C13H21N3O. The number of rotatable bonds is 6. The highest BCUT2D eigenvalue weighted by atomic mass is 16.1. The molecule has 0 aliphatic rings. The molecule has 1 atom stereocenters. The average molecular weight is 235 g/mol. The second-order valence-electron chi connectivity index (χ2n) is 4.76. The van der Waals surface area contributed by atoms with Crippen LogP contribution in [-0.4, -0.2) is 36.5 Å². The van der Waals surface area contributed by atoms with Gasteiger partial charge >= 0.3 is 0 Å². The predicted octanol–water partition coefficient (Wildman–Crippen LogP) is 0.364. The number of hydrogen-bond donors (Lipinski definition) is 2. The fourth-order valence-corrected chi connectivity index (χ4v) is 1.68. The van der Waals surface area contributed by atoms with Crippen molar-refractivity contribution in [1.82, 2.24) is 4.90 Å². The third-order valence-electron chi connectivity index (χ3n) is 2.79. The maximum absolute atomic E-state index is 11.1. The Balaban J connectivity index is 2.41. The highest BCUT2D eigenvalue weighted by Gasteiger charge is 2.26. The second-order valence-corrected chi connectivity index (χ2v) is 4.76. The van der Waals surface area contributed by atoms with Crippen molar-refractivity contribution in [2.45, 2.75) is 18.9 Å². The monoisotopic (exact) mass is 235 g/mol. The molecule has 1 unspecified atom stereocenters. The smallest absolute Gasteiger partial charge is 0.238 e. The molecule has 0 radical (unpaired) electrons. The Morgan fingerprint density at radius 2 is 1.94 bits per heavy atom. The molecule has 1 amide bonds. The minimum Gasteiger partial charge on any atom is -0.368 e. The molecule has 0 heterocycles. The number of hydrogen-bond acceptors (Lipinski definition) is 3. The Kier molecular flexibility index (Phi) is 4.66. The zero-order valence-corrected chi connectivity index (χ0v) is 10.5. The van der Waals surface area contributed by atoms with E-state index in [1.54, 1.807) is 6.92 Å². The molecule has 4 nitrogen and oxygen atoms in total. The number of amides is 1. The molecule has 0 spiro atoms. The number of nitrogens with zero attached hydrogens (tertiary/aromatic N) is 1. The number of primary amides is 1. The van der Waals surface area contributed by atoms with Crippen LogP contribution in [0.3, 0.4) is 0 Å². The molecule has 94 valence electrons. The van der Waals surface area contributed by atoms with E-state index in [1.807, 2.05) is 30.1 Å². The number of carbonyl (C=O) groups excluding carboxylic acids is 1. The Bertz CT molecular complexity index is 362. The second kappa shape index (κ2) is 5.80. The van der Waals surface area contributed by atoms with Crippen LogP contribution >= 0.6 is 0 Å². The van der Waals surface area contributed by atoms with Crippen molar-refractivity contribution >= 4 is 5.91 Å². The van der Waals surface area contributed by atoms with Crippen molar-refractivity contribution in [3.63, 3.8) is 0 Å². The SMILES string of the molecule is CN(CCc1ccccc1)CC(C)(N)C(N)=O. The number of likely N-dealkylation sites (N-methyl/N-ethyl adjacent to an activating group) is 1. The van der Waals surface area contributed by atoms with Crippen molar-refractivity contribution in [2.75, 3.05) is 20.1 Å². The normalized spacial score (nSPS) is 14.6.